The predicted octanol–water partition coefficient (Wildman–Crippen LogP) is 4.00. The summed E-state index contributed by atoms with van der Waals surface area (Å²) in [6.07, 6.45) is 0.804. The van der Waals surface area contributed by atoms with Gasteiger partial charge in [-0.15, -0.1) is 22.7 Å². The molecule has 0 aliphatic rings. The van der Waals surface area contributed by atoms with E-state index in [-0.39, 0.29) is 18.2 Å². The van der Waals surface area contributed by atoms with Gasteiger partial charge in [0.15, 0.2) is 0 Å². The smallest absolute Gasteiger partial charge is 0.341 e. The molecular formula is C19H24N2O4S2. The minimum Gasteiger partial charge on any atom is -0.465 e. The number of rotatable bonds is 8. The van der Waals surface area contributed by atoms with Crippen LogP contribution in [0.3, 0.4) is 0 Å². The summed E-state index contributed by atoms with van der Waals surface area (Å²) in [5, 5.41) is 9.88. The quantitative estimate of drug-likeness (QED) is 0.647. The number of ether oxygens (including phenoxy) is 1. The third-order valence-electron chi connectivity index (χ3n) is 3.79. The number of nitrogens with one attached hydrogen (secondary N) is 2. The first-order valence-corrected chi connectivity index (χ1v) is 10.4. The summed E-state index contributed by atoms with van der Waals surface area (Å²) >= 11 is 2.79. The van der Waals surface area contributed by atoms with E-state index in [9.17, 15) is 14.4 Å². The van der Waals surface area contributed by atoms with Crippen LogP contribution >= 0.6 is 22.7 Å². The van der Waals surface area contributed by atoms with E-state index < -0.39 is 12.0 Å². The van der Waals surface area contributed by atoms with Crippen LogP contribution in [-0.4, -0.2) is 24.9 Å². The summed E-state index contributed by atoms with van der Waals surface area (Å²) < 4.78 is 4.89. The topological polar surface area (TPSA) is 84.5 Å². The normalized spacial score (nSPS) is 11.9. The zero-order chi connectivity index (χ0) is 20.0. The van der Waals surface area contributed by atoms with E-state index in [1.54, 1.807) is 0 Å². The van der Waals surface area contributed by atoms with E-state index in [1.165, 1.54) is 36.7 Å². The molecule has 1 atom stereocenters. The molecule has 2 heterocycles. The van der Waals surface area contributed by atoms with Crippen LogP contribution in [0.1, 0.15) is 54.0 Å². The van der Waals surface area contributed by atoms with Crippen LogP contribution in [0.25, 0.3) is 0 Å². The van der Waals surface area contributed by atoms with Crippen LogP contribution in [0.5, 0.6) is 0 Å². The molecule has 2 rings (SSSR count). The summed E-state index contributed by atoms with van der Waals surface area (Å²) in [6.45, 7) is 5.55. The van der Waals surface area contributed by atoms with Crippen LogP contribution in [0.15, 0.2) is 22.9 Å². The largest absolute Gasteiger partial charge is 0.465 e. The SMILES string of the molecule is COC(=O)c1c(CC(C)C)csc1NC(=O)CC(NC(C)=O)c1cccs1. The fourth-order valence-corrected chi connectivity index (χ4v) is 4.48. The van der Waals surface area contributed by atoms with Gasteiger partial charge >= 0.3 is 5.97 Å². The molecule has 1 unspecified atom stereocenters. The Kier molecular flexibility index (Phi) is 7.55. The average Bonchev–Trinajstić information content (AvgIpc) is 3.23. The maximum atomic E-state index is 12.6. The lowest BCUT2D eigenvalue weighted by Gasteiger charge is -2.16. The number of esters is 1. The van der Waals surface area contributed by atoms with E-state index in [4.69, 9.17) is 4.74 Å². The molecule has 0 radical (unpaired) electrons. The van der Waals surface area contributed by atoms with Gasteiger partial charge in [0.05, 0.1) is 25.1 Å². The van der Waals surface area contributed by atoms with Gasteiger partial charge in [-0.05, 0) is 34.7 Å². The minimum absolute atomic E-state index is 0.0815. The summed E-state index contributed by atoms with van der Waals surface area (Å²) in [5.74, 6) is -0.564. The van der Waals surface area contributed by atoms with Crippen molar-refractivity contribution in [3.8, 4) is 0 Å². The number of methoxy groups -OCH3 is 1. The Bertz CT molecular complexity index is 797. The fraction of sp³-hybridized carbons (Fsp3) is 0.421. The second-order valence-corrected chi connectivity index (χ2v) is 8.43. The molecule has 2 aromatic rings. The predicted molar refractivity (Wildman–Crippen MR) is 108 cm³/mol. The number of hydrogen-bond acceptors (Lipinski definition) is 6. The zero-order valence-corrected chi connectivity index (χ0v) is 17.5. The lowest BCUT2D eigenvalue weighted by molar-refractivity contribution is -0.120. The molecule has 0 aliphatic carbocycles. The van der Waals surface area contributed by atoms with Crippen LogP contribution in [0.2, 0.25) is 0 Å². The highest BCUT2D eigenvalue weighted by atomic mass is 32.1. The van der Waals surface area contributed by atoms with Crippen molar-refractivity contribution in [3.05, 3.63) is 38.9 Å². The molecule has 0 saturated carbocycles. The average molecular weight is 409 g/mol. The summed E-state index contributed by atoms with van der Waals surface area (Å²) in [4.78, 5) is 37.2. The van der Waals surface area contributed by atoms with Gasteiger partial charge in [-0.1, -0.05) is 19.9 Å². The summed E-state index contributed by atoms with van der Waals surface area (Å²) in [5.41, 5.74) is 1.28. The number of carbonyl (C=O) groups is 3. The molecule has 0 aliphatic heterocycles. The molecule has 0 fully saturated rings. The Balaban J connectivity index is 2.17. The van der Waals surface area contributed by atoms with Gasteiger partial charge in [0, 0.05) is 11.8 Å². The van der Waals surface area contributed by atoms with Crippen molar-refractivity contribution in [1.82, 2.24) is 5.32 Å². The maximum absolute atomic E-state index is 12.6. The van der Waals surface area contributed by atoms with Crippen LogP contribution < -0.4 is 10.6 Å². The minimum atomic E-state index is -0.459. The van der Waals surface area contributed by atoms with Crippen molar-refractivity contribution in [2.75, 3.05) is 12.4 Å². The van der Waals surface area contributed by atoms with Gasteiger partial charge in [-0.25, -0.2) is 4.79 Å². The molecule has 0 bridgehead atoms. The monoisotopic (exact) mass is 408 g/mol. The van der Waals surface area contributed by atoms with Crippen molar-refractivity contribution in [2.24, 2.45) is 5.92 Å². The van der Waals surface area contributed by atoms with E-state index in [0.717, 1.165) is 16.9 Å². The lowest BCUT2D eigenvalue weighted by Crippen LogP contribution is -2.29. The maximum Gasteiger partial charge on any atom is 0.341 e. The summed E-state index contributed by atoms with van der Waals surface area (Å²) in [6, 6.07) is 3.35. The second-order valence-electron chi connectivity index (χ2n) is 6.58. The highest BCUT2D eigenvalue weighted by molar-refractivity contribution is 7.15. The zero-order valence-electron chi connectivity index (χ0n) is 15.8. The lowest BCUT2D eigenvalue weighted by atomic mass is 10.0. The number of amides is 2. The van der Waals surface area contributed by atoms with Gasteiger partial charge in [0.25, 0.3) is 0 Å². The highest BCUT2D eigenvalue weighted by Gasteiger charge is 2.24. The fourth-order valence-electron chi connectivity index (χ4n) is 2.72. The number of carbonyl (C=O) groups excluding carboxylic acids is 3. The Morgan fingerprint density at radius 2 is 1.96 bits per heavy atom. The first kappa shape index (κ1) is 21.1. The molecule has 2 amide bonds. The van der Waals surface area contributed by atoms with Crippen LogP contribution in [0.4, 0.5) is 5.00 Å². The summed E-state index contributed by atoms with van der Waals surface area (Å²) in [7, 11) is 1.33. The van der Waals surface area contributed by atoms with E-state index in [0.29, 0.717) is 16.5 Å². The standard InChI is InChI=1S/C19H24N2O4S2/c1-11(2)8-13-10-27-18(17(13)19(24)25-4)21-16(23)9-14(20-12(3)22)15-6-5-7-26-15/h5-7,10-11,14H,8-9H2,1-4H3,(H,20,22)(H,21,23). The third kappa shape index (κ3) is 5.90. The van der Waals surface area contributed by atoms with Gasteiger partial charge in [0.2, 0.25) is 11.8 Å². The van der Waals surface area contributed by atoms with E-state index in [2.05, 4.69) is 24.5 Å². The van der Waals surface area contributed by atoms with Crippen molar-refractivity contribution in [2.45, 2.75) is 39.7 Å². The van der Waals surface area contributed by atoms with Gasteiger partial charge in [0.1, 0.15) is 5.00 Å². The molecule has 0 aromatic carbocycles. The first-order chi connectivity index (χ1) is 12.8. The van der Waals surface area contributed by atoms with E-state index >= 15 is 0 Å². The van der Waals surface area contributed by atoms with Gasteiger partial charge in [-0.2, -0.15) is 0 Å². The third-order valence-corrected chi connectivity index (χ3v) is 5.72. The molecule has 0 saturated heterocycles. The van der Waals surface area contributed by atoms with Crippen molar-refractivity contribution in [1.29, 1.82) is 0 Å². The van der Waals surface area contributed by atoms with Crippen LogP contribution in [-0.2, 0) is 20.7 Å². The molecule has 2 aromatic heterocycles. The van der Waals surface area contributed by atoms with Crippen LogP contribution in [0, 0.1) is 5.92 Å². The van der Waals surface area contributed by atoms with Gasteiger partial charge < -0.3 is 15.4 Å². The molecule has 2 N–H and O–H groups in total. The van der Waals surface area contributed by atoms with E-state index in [1.807, 2.05) is 22.9 Å². The van der Waals surface area contributed by atoms with Crippen molar-refractivity contribution < 1.29 is 19.1 Å². The Hall–Kier alpha value is -2.19. The molecule has 6 nitrogen and oxygen atoms in total. The second kappa shape index (κ2) is 9.66. The molecule has 146 valence electrons. The molecule has 0 spiro atoms. The highest BCUT2D eigenvalue weighted by Crippen LogP contribution is 2.31. The molecule has 27 heavy (non-hydrogen) atoms. The number of hydrogen-bond donors (Lipinski definition) is 2. The van der Waals surface area contributed by atoms with Crippen molar-refractivity contribution >= 4 is 45.5 Å². The number of thiophene rings is 2. The molecular weight excluding hydrogens is 384 g/mol. The Labute approximate surface area is 166 Å². The first-order valence-electron chi connectivity index (χ1n) is 8.60. The number of anilines is 1. The Morgan fingerprint density at radius 1 is 1.22 bits per heavy atom. The Morgan fingerprint density at radius 3 is 2.52 bits per heavy atom. The van der Waals surface area contributed by atoms with Crippen molar-refractivity contribution in [3.63, 3.8) is 0 Å². The molecule has 8 heteroatoms. The van der Waals surface area contributed by atoms with Gasteiger partial charge in [-0.3, -0.25) is 9.59 Å².